The first-order valence-electron chi connectivity index (χ1n) is 20.8. The molecule has 0 spiro atoms. The molecule has 8 aromatic rings. The molecule has 8 rings (SSSR count). The average molecular weight is 979 g/mol. The van der Waals surface area contributed by atoms with Crippen molar-refractivity contribution in [3.63, 3.8) is 0 Å². The number of thiophene rings is 1. The van der Waals surface area contributed by atoms with E-state index in [4.69, 9.17) is 6.85 Å². The van der Waals surface area contributed by atoms with E-state index in [1.165, 1.54) is 36.6 Å². The van der Waals surface area contributed by atoms with Gasteiger partial charge in [0.05, 0.1) is 0 Å². The Hall–Kier alpha value is -4.19. The molecule has 3 heterocycles. The van der Waals surface area contributed by atoms with E-state index in [1.807, 2.05) is 81.6 Å². The molecule has 55 heavy (non-hydrogen) atoms. The maximum atomic E-state index is 8.67. The number of fused-ring (bicyclic) bond motifs is 3. The molecule has 0 bridgehead atoms. The molecule has 0 atom stereocenters. The number of benzene rings is 5. The number of hydrogen-bond acceptors (Lipinski definition) is 3. The summed E-state index contributed by atoms with van der Waals surface area (Å²) in [5, 5.41) is 2.41. The van der Waals surface area contributed by atoms with E-state index in [9.17, 15) is 0 Å². The summed E-state index contributed by atoms with van der Waals surface area (Å²) in [4.78, 5) is 9.28. The second kappa shape index (κ2) is 16.9. The Labute approximate surface area is 354 Å². The third kappa shape index (κ3) is 9.44. The molecular weight excluding hydrogens is 925 g/mol. The summed E-state index contributed by atoms with van der Waals surface area (Å²) in [6.45, 7) is 5.72. The third-order valence-electron chi connectivity index (χ3n) is 9.31. The van der Waals surface area contributed by atoms with Crippen molar-refractivity contribution in [2.24, 2.45) is 5.41 Å². The monoisotopic (exact) mass is 980 g/mol. The number of nitrogens with zero attached hydrogens (tertiary/aromatic N) is 2. The zero-order valence-electron chi connectivity index (χ0n) is 37.3. The van der Waals surface area contributed by atoms with Gasteiger partial charge in [-0.3, -0.25) is 0 Å². The number of aryl methyl sites for hydroxylation is 2. The smallest absolute Gasteiger partial charge is 0.0321 e. The van der Waals surface area contributed by atoms with Crippen molar-refractivity contribution in [2.45, 2.75) is 58.2 Å². The summed E-state index contributed by atoms with van der Waals surface area (Å²) in [7, 11) is 0. The first-order chi connectivity index (χ1) is 27.8. The molecule has 1 radical (unpaired) electrons. The summed E-state index contributed by atoms with van der Waals surface area (Å²) >= 11 is -0.216. The predicted octanol–water partition coefficient (Wildman–Crippen LogP) is 13.5. The van der Waals surface area contributed by atoms with Gasteiger partial charge in [-0.15, -0.1) is 23.8 Å². The van der Waals surface area contributed by atoms with Gasteiger partial charge in [-0.05, 0) is 50.8 Å². The molecule has 2 nitrogen and oxygen atoms in total. The van der Waals surface area contributed by atoms with Crippen LogP contribution in [0.4, 0.5) is 0 Å². The van der Waals surface area contributed by atoms with Crippen LogP contribution in [-0.4, -0.2) is 23.2 Å². The van der Waals surface area contributed by atoms with Crippen molar-refractivity contribution < 1.29 is 27.0 Å². The molecule has 5 heteroatoms. The topological polar surface area (TPSA) is 25.8 Å². The molecule has 0 amide bonds. The van der Waals surface area contributed by atoms with Crippen LogP contribution in [0.2, 0.25) is 17.3 Å². The third-order valence-corrected chi connectivity index (χ3v) is 15.0. The molecule has 0 aliphatic heterocycles. The Morgan fingerprint density at radius 3 is 2.15 bits per heavy atom. The molecule has 0 aliphatic rings. The van der Waals surface area contributed by atoms with Crippen molar-refractivity contribution >= 4 is 49.2 Å². The summed E-state index contributed by atoms with van der Waals surface area (Å²) < 4.78 is 44.7. The minimum absolute atomic E-state index is 0. The zero-order valence-corrected chi connectivity index (χ0v) is 37.6. The van der Waals surface area contributed by atoms with Crippen molar-refractivity contribution in [1.29, 1.82) is 0 Å². The summed E-state index contributed by atoms with van der Waals surface area (Å²) in [6.07, 6.45) is 2.24. The Bertz CT molecular complexity index is 2770. The molecule has 3 aromatic heterocycles. The average Bonchev–Trinajstić information content (AvgIpc) is 3.58. The van der Waals surface area contributed by atoms with E-state index in [-0.39, 0.29) is 20.1 Å². The van der Waals surface area contributed by atoms with Crippen molar-refractivity contribution in [3.8, 4) is 44.8 Å². The van der Waals surface area contributed by atoms with Crippen LogP contribution >= 0.6 is 11.3 Å². The Balaban J connectivity index is 0.000000201. The van der Waals surface area contributed by atoms with Crippen LogP contribution in [0.3, 0.4) is 0 Å². The second-order valence-corrected chi connectivity index (χ2v) is 27.4. The molecule has 0 unspecified atom stereocenters. The summed E-state index contributed by atoms with van der Waals surface area (Å²) in [5.74, 6) is 7.07. The van der Waals surface area contributed by atoms with Crippen LogP contribution in [0, 0.1) is 31.3 Å². The predicted molar refractivity (Wildman–Crippen MR) is 236 cm³/mol. The van der Waals surface area contributed by atoms with Gasteiger partial charge in [-0.25, -0.2) is 0 Å². The Kier molecular flexibility index (Phi) is 10.5. The van der Waals surface area contributed by atoms with Crippen LogP contribution < -0.4 is 4.40 Å². The van der Waals surface area contributed by atoms with Gasteiger partial charge < -0.3 is 4.98 Å². The standard InChI is InChI=1S/C28H24NS.C22H24GeN.Ir/c1-28(2,3)18-19-14-15-29-25(16-19)24-11-7-10-23-22-13-12-21(17-26(22)30-27(23)24)20-8-5-4-6-9-20;1-16-11-12-19(14-20(16)18-9-7-6-8-10-18)22-13-17(2)21(15-24-22)23(3,4)5;/h4-10,12-17H,18H2,1-3H3;6-11,13-15H,1-5H3;/q2*-1;/i18D2;1D3;. The van der Waals surface area contributed by atoms with Gasteiger partial charge in [0, 0.05) is 33.7 Å². The Morgan fingerprint density at radius 2 is 1.47 bits per heavy atom. The van der Waals surface area contributed by atoms with Gasteiger partial charge in [0.15, 0.2) is 0 Å². The maximum absolute atomic E-state index is 8.67. The SMILES string of the molecule is [2H]C([2H])([2H])c1c[c-]c(-c2cc(C)[c]([Ge]([CH3])([CH3])[CH3])cn2)cc1-c1ccccc1.[2H]C([2H])(c1ccnc(-c2[c-]ccc3c2sc2cc(-c4ccccc4)ccc23)c1)C(C)(C)C.[Ir]. The van der Waals surface area contributed by atoms with E-state index in [2.05, 4.69) is 101 Å². The van der Waals surface area contributed by atoms with E-state index in [0.29, 0.717) is 16.7 Å². The fourth-order valence-electron chi connectivity index (χ4n) is 6.80. The molecular formula is C50H48GeIrN2S-2. The molecule has 5 aromatic carbocycles. The summed E-state index contributed by atoms with van der Waals surface area (Å²) in [6, 6.07) is 46.5. The maximum Gasteiger partial charge on any atom is 0.0321 e. The second-order valence-electron chi connectivity index (χ2n) is 15.8. The Morgan fingerprint density at radius 1 is 0.745 bits per heavy atom. The first kappa shape index (κ1) is 34.1. The van der Waals surface area contributed by atoms with Gasteiger partial charge in [-0.1, -0.05) is 80.3 Å². The number of aromatic nitrogens is 2. The normalized spacial score (nSPS) is 13.4. The van der Waals surface area contributed by atoms with Crippen LogP contribution in [0.1, 0.15) is 44.3 Å². The molecule has 279 valence electrons. The fourth-order valence-corrected chi connectivity index (χ4v) is 11.6. The zero-order chi connectivity index (χ0) is 42.3. The minimum Gasteiger partial charge on any atom is -0.305 e. The van der Waals surface area contributed by atoms with E-state index in [0.717, 1.165) is 32.8 Å². The number of hydrogen-bond donors (Lipinski definition) is 0. The van der Waals surface area contributed by atoms with Crippen LogP contribution in [-0.2, 0) is 26.5 Å². The van der Waals surface area contributed by atoms with E-state index in [1.54, 1.807) is 29.7 Å². The number of rotatable bonds is 6. The van der Waals surface area contributed by atoms with Crippen molar-refractivity contribution in [1.82, 2.24) is 9.97 Å². The van der Waals surface area contributed by atoms with Crippen molar-refractivity contribution in [2.75, 3.05) is 0 Å². The fraction of sp³-hybridized carbons (Fsp3) is 0.200. The quantitative estimate of drug-likeness (QED) is 0.123. The van der Waals surface area contributed by atoms with Crippen LogP contribution in [0.5, 0.6) is 0 Å². The first-order valence-corrected chi connectivity index (χ1v) is 26.5. The van der Waals surface area contributed by atoms with Crippen LogP contribution in [0.25, 0.3) is 64.9 Å². The van der Waals surface area contributed by atoms with Crippen molar-refractivity contribution in [3.05, 3.63) is 163 Å². The summed E-state index contributed by atoms with van der Waals surface area (Å²) in [5.41, 5.74) is 9.03. The van der Waals surface area contributed by atoms with Crippen LogP contribution in [0.15, 0.2) is 134 Å². The van der Waals surface area contributed by atoms with Gasteiger partial charge in [0.2, 0.25) is 0 Å². The minimum atomic E-state index is -2.19. The largest absolute Gasteiger partial charge is 0.305 e. The van der Waals surface area contributed by atoms with Gasteiger partial charge in [0.25, 0.3) is 0 Å². The van der Waals surface area contributed by atoms with Gasteiger partial charge >= 0.3 is 152 Å². The number of pyridine rings is 2. The molecule has 0 saturated carbocycles. The van der Waals surface area contributed by atoms with Gasteiger partial charge in [-0.2, -0.15) is 11.3 Å². The van der Waals surface area contributed by atoms with E-state index < -0.39 is 31.9 Å². The van der Waals surface area contributed by atoms with Gasteiger partial charge in [0.1, 0.15) is 0 Å². The molecule has 0 fully saturated rings. The molecule has 0 N–H and O–H groups in total. The molecule has 0 saturated heterocycles. The molecule has 0 aliphatic carbocycles. The van der Waals surface area contributed by atoms with E-state index >= 15 is 0 Å².